The zero-order valence-electron chi connectivity index (χ0n) is 8.44. The highest BCUT2D eigenvalue weighted by atomic mass is 16.3. The lowest BCUT2D eigenvalue weighted by Gasteiger charge is -2.13. The third kappa shape index (κ3) is 3.25. The Morgan fingerprint density at radius 2 is 2.00 bits per heavy atom. The minimum absolute atomic E-state index is 0.0170. The number of amides is 1. The van der Waals surface area contributed by atoms with Crippen molar-refractivity contribution >= 4 is 5.91 Å². The van der Waals surface area contributed by atoms with Gasteiger partial charge in [0.25, 0.3) is 0 Å². The molecule has 0 spiro atoms. The van der Waals surface area contributed by atoms with E-state index in [-0.39, 0.29) is 5.91 Å². The predicted octanol–water partition coefficient (Wildman–Crippen LogP) is -1.45. The van der Waals surface area contributed by atoms with Gasteiger partial charge in [-0.1, -0.05) is 0 Å². The maximum Gasteiger partial charge on any atom is 0.221 e. The van der Waals surface area contributed by atoms with Crippen molar-refractivity contribution in [1.82, 2.24) is 10.2 Å². The van der Waals surface area contributed by atoms with Gasteiger partial charge in [-0.15, -0.1) is 0 Å². The monoisotopic (exact) mass is 202 g/mol. The molecule has 0 radical (unpaired) electrons. The van der Waals surface area contributed by atoms with Crippen LogP contribution in [-0.4, -0.2) is 59.4 Å². The first-order valence-electron chi connectivity index (χ1n) is 4.98. The molecule has 0 bridgehead atoms. The number of β-amino-alcohol motifs (C(OH)–C–C–N with tert-alkyl or cyclic N) is 2. The molecular weight excluding hydrogens is 184 g/mol. The zero-order chi connectivity index (χ0) is 10.6. The zero-order valence-corrected chi connectivity index (χ0v) is 8.44. The van der Waals surface area contributed by atoms with E-state index in [1.54, 1.807) is 0 Å². The van der Waals surface area contributed by atoms with Crippen molar-refractivity contribution in [3.05, 3.63) is 0 Å². The van der Waals surface area contributed by atoms with Crippen LogP contribution in [0.1, 0.15) is 13.3 Å². The Morgan fingerprint density at radius 1 is 1.43 bits per heavy atom. The van der Waals surface area contributed by atoms with Gasteiger partial charge in [0.2, 0.25) is 5.91 Å². The molecule has 3 N–H and O–H groups in total. The molecule has 82 valence electrons. The van der Waals surface area contributed by atoms with Gasteiger partial charge < -0.3 is 15.5 Å². The van der Waals surface area contributed by atoms with E-state index < -0.39 is 12.2 Å². The minimum atomic E-state index is -0.663. The van der Waals surface area contributed by atoms with Gasteiger partial charge in [0.05, 0.1) is 12.2 Å². The lowest BCUT2D eigenvalue weighted by molar-refractivity contribution is -0.121. The van der Waals surface area contributed by atoms with E-state index in [0.29, 0.717) is 32.6 Å². The number of carbonyl (C=O) groups is 1. The number of likely N-dealkylation sites (tertiary alicyclic amines) is 1. The van der Waals surface area contributed by atoms with E-state index in [9.17, 15) is 15.0 Å². The highest BCUT2D eigenvalue weighted by molar-refractivity contribution is 5.75. The van der Waals surface area contributed by atoms with Crippen molar-refractivity contribution in [2.75, 3.05) is 26.2 Å². The van der Waals surface area contributed by atoms with Gasteiger partial charge in [0, 0.05) is 32.6 Å². The van der Waals surface area contributed by atoms with Gasteiger partial charge in [-0.05, 0) is 6.92 Å². The molecule has 1 saturated heterocycles. The first kappa shape index (κ1) is 11.4. The van der Waals surface area contributed by atoms with Gasteiger partial charge in [0.15, 0.2) is 0 Å². The van der Waals surface area contributed by atoms with E-state index >= 15 is 0 Å². The summed E-state index contributed by atoms with van der Waals surface area (Å²) in [5.41, 5.74) is 0. The summed E-state index contributed by atoms with van der Waals surface area (Å²) in [6.07, 6.45) is -0.902. The van der Waals surface area contributed by atoms with Crippen molar-refractivity contribution in [3.8, 4) is 0 Å². The smallest absolute Gasteiger partial charge is 0.221 e. The Morgan fingerprint density at radius 3 is 2.50 bits per heavy atom. The number of hydrogen-bond donors (Lipinski definition) is 3. The van der Waals surface area contributed by atoms with Crippen LogP contribution in [0.3, 0.4) is 0 Å². The number of rotatable bonds is 4. The summed E-state index contributed by atoms with van der Waals surface area (Å²) in [5.74, 6) is 0.0170. The van der Waals surface area contributed by atoms with Gasteiger partial charge in [-0.25, -0.2) is 0 Å². The molecule has 1 rings (SSSR count). The lowest BCUT2D eigenvalue weighted by Crippen LogP contribution is -2.30. The molecule has 2 atom stereocenters. The van der Waals surface area contributed by atoms with E-state index in [0.717, 1.165) is 0 Å². The number of nitrogens with zero attached hydrogens (tertiary/aromatic N) is 1. The molecule has 5 nitrogen and oxygen atoms in total. The minimum Gasteiger partial charge on any atom is -0.389 e. The molecule has 0 unspecified atom stereocenters. The van der Waals surface area contributed by atoms with E-state index in [1.807, 2.05) is 11.8 Å². The highest BCUT2D eigenvalue weighted by Crippen LogP contribution is 2.09. The fourth-order valence-electron chi connectivity index (χ4n) is 1.57. The maximum atomic E-state index is 11.1. The van der Waals surface area contributed by atoms with Crippen LogP contribution in [0.25, 0.3) is 0 Å². The average Bonchev–Trinajstić information content (AvgIpc) is 2.44. The average molecular weight is 202 g/mol. The van der Waals surface area contributed by atoms with Crippen LogP contribution in [0.4, 0.5) is 0 Å². The quantitative estimate of drug-likeness (QED) is 0.521. The molecule has 1 fully saturated rings. The molecule has 0 aliphatic carbocycles. The molecule has 14 heavy (non-hydrogen) atoms. The van der Waals surface area contributed by atoms with Crippen LogP contribution in [-0.2, 0) is 4.79 Å². The van der Waals surface area contributed by atoms with Crippen LogP contribution in [0.2, 0.25) is 0 Å². The van der Waals surface area contributed by atoms with E-state index in [2.05, 4.69) is 5.32 Å². The summed E-state index contributed by atoms with van der Waals surface area (Å²) in [6.45, 7) is 4.03. The summed E-state index contributed by atoms with van der Waals surface area (Å²) in [4.78, 5) is 13.0. The van der Waals surface area contributed by atoms with Crippen molar-refractivity contribution < 1.29 is 15.0 Å². The molecule has 1 heterocycles. The molecular formula is C9H18N2O3. The number of hydrogen-bond acceptors (Lipinski definition) is 4. The summed E-state index contributed by atoms with van der Waals surface area (Å²) in [7, 11) is 0. The third-order valence-corrected chi connectivity index (χ3v) is 2.36. The Labute approximate surface area is 83.7 Å². The summed E-state index contributed by atoms with van der Waals surface area (Å²) in [6, 6.07) is 0. The van der Waals surface area contributed by atoms with Crippen LogP contribution < -0.4 is 5.32 Å². The van der Waals surface area contributed by atoms with E-state index in [4.69, 9.17) is 0 Å². The van der Waals surface area contributed by atoms with Crippen LogP contribution in [0.15, 0.2) is 0 Å². The first-order valence-corrected chi connectivity index (χ1v) is 4.98. The van der Waals surface area contributed by atoms with Crippen LogP contribution in [0, 0.1) is 0 Å². The van der Waals surface area contributed by atoms with Crippen molar-refractivity contribution in [3.63, 3.8) is 0 Å². The fourth-order valence-corrected chi connectivity index (χ4v) is 1.57. The molecule has 0 saturated carbocycles. The SMILES string of the molecule is CCNC(=O)CCN1C[C@@H](O)[C@@H](O)C1. The predicted molar refractivity (Wildman–Crippen MR) is 51.8 cm³/mol. The van der Waals surface area contributed by atoms with E-state index in [1.165, 1.54) is 0 Å². The standard InChI is InChI=1S/C9H18N2O3/c1-2-10-9(14)3-4-11-5-7(12)8(13)6-11/h7-8,12-13H,2-6H2,1H3,(H,10,14)/t7-,8+. The van der Waals surface area contributed by atoms with Gasteiger partial charge in [0.1, 0.15) is 0 Å². The topological polar surface area (TPSA) is 72.8 Å². The second kappa shape index (κ2) is 5.29. The molecule has 1 aliphatic heterocycles. The Hall–Kier alpha value is -0.650. The van der Waals surface area contributed by atoms with Gasteiger partial charge >= 0.3 is 0 Å². The van der Waals surface area contributed by atoms with Crippen molar-refractivity contribution in [2.45, 2.75) is 25.6 Å². The second-order valence-corrected chi connectivity index (χ2v) is 3.60. The number of aliphatic hydroxyl groups excluding tert-OH is 2. The van der Waals surface area contributed by atoms with Gasteiger partial charge in [-0.3, -0.25) is 9.69 Å². The number of aliphatic hydroxyl groups is 2. The summed E-state index contributed by atoms with van der Waals surface area (Å²) >= 11 is 0. The lowest BCUT2D eigenvalue weighted by atomic mass is 10.3. The second-order valence-electron chi connectivity index (χ2n) is 3.60. The van der Waals surface area contributed by atoms with Gasteiger partial charge in [-0.2, -0.15) is 0 Å². The normalized spacial score (nSPS) is 27.9. The Kier molecular flexibility index (Phi) is 4.31. The number of carbonyl (C=O) groups excluding carboxylic acids is 1. The maximum absolute atomic E-state index is 11.1. The molecule has 0 aromatic rings. The molecule has 0 aromatic heterocycles. The summed E-state index contributed by atoms with van der Waals surface area (Å²) < 4.78 is 0. The molecule has 1 aliphatic rings. The fraction of sp³-hybridized carbons (Fsp3) is 0.889. The number of nitrogens with one attached hydrogen (secondary N) is 1. The van der Waals surface area contributed by atoms with Crippen molar-refractivity contribution in [2.24, 2.45) is 0 Å². The van der Waals surface area contributed by atoms with Crippen LogP contribution >= 0.6 is 0 Å². The third-order valence-electron chi connectivity index (χ3n) is 2.36. The Bertz CT molecular complexity index is 188. The highest BCUT2D eigenvalue weighted by Gasteiger charge is 2.29. The molecule has 1 amide bonds. The Balaban J connectivity index is 2.17. The molecule has 5 heteroatoms. The summed E-state index contributed by atoms with van der Waals surface area (Å²) in [5, 5.41) is 21.2. The largest absolute Gasteiger partial charge is 0.389 e. The van der Waals surface area contributed by atoms with Crippen LogP contribution in [0.5, 0.6) is 0 Å². The van der Waals surface area contributed by atoms with Crippen molar-refractivity contribution in [1.29, 1.82) is 0 Å². The molecule has 0 aromatic carbocycles. The first-order chi connectivity index (χ1) is 6.63.